The molecule has 0 spiro atoms. The molecule has 10 heteroatoms. The molecule has 0 saturated carbocycles. The van der Waals surface area contributed by atoms with E-state index in [1.807, 2.05) is 0 Å². The van der Waals surface area contributed by atoms with Crippen LogP contribution in [-0.4, -0.2) is 30.6 Å². The SMILES string of the molecule is NS(=O)(=O)CCCNc1ncc([N+](=O)[O-])s1. The molecule has 1 rings (SSSR count). The van der Waals surface area contributed by atoms with Crippen molar-refractivity contribution < 1.29 is 13.3 Å². The minimum atomic E-state index is -3.45. The van der Waals surface area contributed by atoms with E-state index < -0.39 is 14.9 Å². The van der Waals surface area contributed by atoms with E-state index in [1.165, 1.54) is 0 Å². The Morgan fingerprint density at radius 2 is 2.31 bits per heavy atom. The van der Waals surface area contributed by atoms with Gasteiger partial charge in [-0.3, -0.25) is 10.1 Å². The molecule has 0 radical (unpaired) electrons. The van der Waals surface area contributed by atoms with Crippen LogP contribution in [0.1, 0.15) is 6.42 Å². The third-order valence-corrected chi connectivity index (χ3v) is 3.32. The number of rotatable bonds is 6. The van der Waals surface area contributed by atoms with Crippen molar-refractivity contribution in [2.45, 2.75) is 6.42 Å². The fourth-order valence-electron chi connectivity index (χ4n) is 0.900. The largest absolute Gasteiger partial charge is 0.361 e. The number of hydrogen-bond acceptors (Lipinski definition) is 7. The van der Waals surface area contributed by atoms with Crippen molar-refractivity contribution in [3.8, 4) is 0 Å². The average molecular weight is 266 g/mol. The molecule has 0 aliphatic rings. The lowest BCUT2D eigenvalue weighted by Gasteiger charge is -2.00. The average Bonchev–Trinajstić information content (AvgIpc) is 2.59. The molecule has 1 aromatic rings. The number of primary sulfonamides is 1. The maximum Gasteiger partial charge on any atom is 0.345 e. The second-order valence-corrected chi connectivity index (χ2v) is 5.65. The van der Waals surface area contributed by atoms with Crippen LogP contribution < -0.4 is 10.5 Å². The van der Waals surface area contributed by atoms with Crippen LogP contribution in [0.25, 0.3) is 0 Å². The maximum absolute atomic E-state index is 10.6. The van der Waals surface area contributed by atoms with E-state index in [4.69, 9.17) is 5.14 Å². The Balaban J connectivity index is 2.35. The topological polar surface area (TPSA) is 128 Å². The summed E-state index contributed by atoms with van der Waals surface area (Å²) in [7, 11) is -3.45. The Kier molecular flexibility index (Phi) is 4.15. The number of sulfonamides is 1. The zero-order valence-electron chi connectivity index (χ0n) is 8.12. The third-order valence-electron chi connectivity index (χ3n) is 1.56. The van der Waals surface area contributed by atoms with Crippen LogP contribution >= 0.6 is 11.3 Å². The van der Waals surface area contributed by atoms with Crippen molar-refractivity contribution in [2.75, 3.05) is 17.6 Å². The molecule has 0 atom stereocenters. The summed E-state index contributed by atoms with van der Waals surface area (Å²) in [4.78, 5) is 13.5. The van der Waals surface area contributed by atoms with Gasteiger partial charge in [0.05, 0.1) is 10.7 Å². The number of thiazole rings is 1. The van der Waals surface area contributed by atoms with Gasteiger partial charge in [-0.15, -0.1) is 0 Å². The smallest absolute Gasteiger partial charge is 0.345 e. The van der Waals surface area contributed by atoms with Gasteiger partial charge in [0.1, 0.15) is 6.20 Å². The third kappa shape index (κ3) is 4.51. The lowest BCUT2D eigenvalue weighted by molar-refractivity contribution is -0.380. The van der Waals surface area contributed by atoms with Gasteiger partial charge in [0, 0.05) is 6.54 Å². The summed E-state index contributed by atoms with van der Waals surface area (Å²) in [5.41, 5.74) is 0. The van der Waals surface area contributed by atoms with E-state index in [0.717, 1.165) is 17.5 Å². The normalized spacial score (nSPS) is 11.3. The molecular formula is C6H10N4O4S2. The molecule has 1 heterocycles. The van der Waals surface area contributed by atoms with Crippen LogP contribution in [0.5, 0.6) is 0 Å². The first-order valence-electron chi connectivity index (χ1n) is 4.23. The number of anilines is 1. The molecular weight excluding hydrogens is 256 g/mol. The minimum Gasteiger partial charge on any atom is -0.361 e. The van der Waals surface area contributed by atoms with E-state index in [-0.39, 0.29) is 10.8 Å². The van der Waals surface area contributed by atoms with Gasteiger partial charge in [0.2, 0.25) is 10.0 Å². The molecule has 0 bridgehead atoms. The second-order valence-electron chi connectivity index (χ2n) is 2.91. The molecule has 16 heavy (non-hydrogen) atoms. The summed E-state index contributed by atoms with van der Waals surface area (Å²) in [5.74, 6) is -0.131. The Morgan fingerprint density at radius 3 is 2.81 bits per heavy atom. The Hall–Kier alpha value is -1.26. The lowest BCUT2D eigenvalue weighted by atomic mass is 10.5. The highest BCUT2D eigenvalue weighted by Gasteiger charge is 2.10. The van der Waals surface area contributed by atoms with E-state index in [0.29, 0.717) is 18.1 Å². The van der Waals surface area contributed by atoms with E-state index in [2.05, 4.69) is 10.3 Å². The van der Waals surface area contributed by atoms with Crippen LogP contribution in [0.3, 0.4) is 0 Å². The van der Waals surface area contributed by atoms with E-state index in [9.17, 15) is 18.5 Å². The summed E-state index contributed by atoms with van der Waals surface area (Å²) in [6.07, 6.45) is 1.47. The number of nitrogens with one attached hydrogen (secondary N) is 1. The van der Waals surface area contributed by atoms with Gasteiger partial charge < -0.3 is 5.32 Å². The van der Waals surface area contributed by atoms with Crippen LogP contribution in [0.4, 0.5) is 10.1 Å². The minimum absolute atomic E-state index is 0.0612. The Morgan fingerprint density at radius 1 is 1.62 bits per heavy atom. The summed E-state index contributed by atoms with van der Waals surface area (Å²) >= 11 is 0.897. The Labute approximate surface area is 95.7 Å². The standard InChI is InChI=1S/C6H10N4O4S2/c7-16(13,14)3-1-2-8-6-9-4-5(15-6)10(11)12/h4H,1-3H2,(H,8,9)(H2,7,13,14). The van der Waals surface area contributed by atoms with Gasteiger partial charge in [-0.25, -0.2) is 18.5 Å². The fourth-order valence-corrected chi connectivity index (χ4v) is 2.10. The van der Waals surface area contributed by atoms with E-state index >= 15 is 0 Å². The lowest BCUT2D eigenvalue weighted by Crippen LogP contribution is -2.18. The molecule has 0 saturated heterocycles. The van der Waals surface area contributed by atoms with Crippen molar-refractivity contribution >= 4 is 31.5 Å². The predicted molar refractivity (Wildman–Crippen MR) is 59.8 cm³/mol. The molecule has 0 aliphatic carbocycles. The van der Waals surface area contributed by atoms with Crippen LogP contribution in [-0.2, 0) is 10.0 Å². The van der Waals surface area contributed by atoms with Crippen molar-refractivity contribution in [2.24, 2.45) is 5.14 Å². The molecule has 1 aromatic heterocycles. The number of nitrogens with zero attached hydrogens (tertiary/aromatic N) is 2. The summed E-state index contributed by atoms with van der Waals surface area (Å²) in [6.45, 7) is 0.348. The molecule has 90 valence electrons. The van der Waals surface area contributed by atoms with Gasteiger partial charge in [-0.2, -0.15) is 0 Å². The van der Waals surface area contributed by atoms with Crippen LogP contribution in [0, 0.1) is 10.1 Å². The monoisotopic (exact) mass is 266 g/mol. The summed E-state index contributed by atoms with van der Waals surface area (Å²) in [6, 6.07) is 0. The molecule has 0 unspecified atom stereocenters. The molecule has 0 aliphatic heterocycles. The Bertz CT molecular complexity index is 469. The van der Waals surface area contributed by atoms with Crippen molar-refractivity contribution in [3.05, 3.63) is 16.3 Å². The number of aromatic nitrogens is 1. The highest BCUT2D eigenvalue weighted by atomic mass is 32.2. The quantitative estimate of drug-likeness (QED) is 0.428. The molecule has 0 amide bonds. The van der Waals surface area contributed by atoms with Crippen molar-refractivity contribution in [3.63, 3.8) is 0 Å². The summed E-state index contributed by atoms with van der Waals surface area (Å²) < 4.78 is 21.2. The highest BCUT2D eigenvalue weighted by Crippen LogP contribution is 2.24. The number of hydrogen-bond donors (Lipinski definition) is 2. The van der Waals surface area contributed by atoms with Gasteiger partial charge in [0.25, 0.3) is 0 Å². The summed E-state index contributed by atoms with van der Waals surface area (Å²) in [5, 5.41) is 18.2. The maximum atomic E-state index is 10.6. The first-order chi connectivity index (χ1) is 7.38. The zero-order chi connectivity index (χ0) is 12.2. The first kappa shape index (κ1) is 12.8. The van der Waals surface area contributed by atoms with Gasteiger partial charge >= 0.3 is 5.00 Å². The predicted octanol–water partition coefficient (Wildman–Crippen LogP) is 0.142. The fraction of sp³-hybridized carbons (Fsp3) is 0.500. The van der Waals surface area contributed by atoms with Gasteiger partial charge in [-0.1, -0.05) is 0 Å². The molecule has 3 N–H and O–H groups in total. The van der Waals surface area contributed by atoms with Crippen LogP contribution in [0.2, 0.25) is 0 Å². The molecule has 0 aromatic carbocycles. The number of nitro groups is 1. The molecule has 8 nitrogen and oxygen atoms in total. The first-order valence-corrected chi connectivity index (χ1v) is 6.76. The van der Waals surface area contributed by atoms with Crippen LogP contribution in [0.15, 0.2) is 6.20 Å². The second kappa shape index (κ2) is 5.18. The van der Waals surface area contributed by atoms with Gasteiger partial charge in [0.15, 0.2) is 5.13 Å². The zero-order valence-corrected chi connectivity index (χ0v) is 9.75. The van der Waals surface area contributed by atoms with Crippen molar-refractivity contribution in [1.29, 1.82) is 0 Å². The van der Waals surface area contributed by atoms with Crippen molar-refractivity contribution in [1.82, 2.24) is 4.98 Å². The highest BCUT2D eigenvalue weighted by molar-refractivity contribution is 7.89. The van der Waals surface area contributed by atoms with E-state index in [1.54, 1.807) is 0 Å². The number of nitrogens with two attached hydrogens (primary N) is 1. The van der Waals surface area contributed by atoms with Gasteiger partial charge in [-0.05, 0) is 17.8 Å². The molecule has 0 fully saturated rings.